The van der Waals surface area contributed by atoms with Crippen LogP contribution in [0.2, 0.25) is 4.34 Å². The minimum absolute atomic E-state index is 0.357. The van der Waals surface area contributed by atoms with Crippen molar-refractivity contribution in [2.75, 3.05) is 18.5 Å². The molecule has 1 N–H and O–H groups in total. The SMILES string of the molecule is CCNC(C)c1sc(N(C)Cc2ccc(Cl)s2)nc1C. The molecule has 0 saturated carbocycles. The summed E-state index contributed by atoms with van der Waals surface area (Å²) in [6, 6.07) is 4.38. The summed E-state index contributed by atoms with van der Waals surface area (Å²) < 4.78 is 0.838. The van der Waals surface area contributed by atoms with Crippen LogP contribution in [0.3, 0.4) is 0 Å². The minimum atomic E-state index is 0.357. The molecule has 20 heavy (non-hydrogen) atoms. The van der Waals surface area contributed by atoms with Gasteiger partial charge < -0.3 is 10.2 Å². The Morgan fingerprint density at radius 2 is 2.15 bits per heavy atom. The Labute approximate surface area is 133 Å². The zero-order chi connectivity index (χ0) is 14.7. The Hall–Kier alpha value is -0.620. The van der Waals surface area contributed by atoms with Gasteiger partial charge in [-0.3, -0.25) is 0 Å². The number of thiophene rings is 1. The van der Waals surface area contributed by atoms with E-state index in [0.717, 1.165) is 28.3 Å². The van der Waals surface area contributed by atoms with Crippen LogP contribution in [-0.2, 0) is 6.54 Å². The summed E-state index contributed by atoms with van der Waals surface area (Å²) in [6.07, 6.45) is 0. The van der Waals surface area contributed by atoms with Gasteiger partial charge in [0.05, 0.1) is 16.6 Å². The third-order valence-electron chi connectivity index (χ3n) is 3.07. The van der Waals surface area contributed by atoms with Crippen LogP contribution >= 0.6 is 34.3 Å². The van der Waals surface area contributed by atoms with Crippen LogP contribution < -0.4 is 10.2 Å². The Kier molecular flexibility index (Phi) is 5.43. The lowest BCUT2D eigenvalue weighted by molar-refractivity contribution is 0.603. The topological polar surface area (TPSA) is 28.2 Å². The Morgan fingerprint density at radius 3 is 2.75 bits per heavy atom. The first-order valence-corrected chi connectivity index (χ1v) is 8.68. The standard InChI is InChI=1S/C14H20ClN3S2/c1-5-16-9(2)13-10(3)17-14(20-13)18(4)8-11-6-7-12(15)19-11/h6-7,9,16H,5,8H2,1-4H3. The summed E-state index contributed by atoms with van der Waals surface area (Å²) in [5.41, 5.74) is 1.12. The van der Waals surface area contributed by atoms with Gasteiger partial charge in [-0.25, -0.2) is 4.98 Å². The average molecular weight is 330 g/mol. The van der Waals surface area contributed by atoms with Crippen LogP contribution in [0.15, 0.2) is 12.1 Å². The lowest BCUT2D eigenvalue weighted by Crippen LogP contribution is -2.17. The summed E-state index contributed by atoms with van der Waals surface area (Å²) >= 11 is 9.36. The summed E-state index contributed by atoms with van der Waals surface area (Å²) in [4.78, 5) is 9.45. The molecule has 2 aromatic rings. The molecule has 0 aliphatic carbocycles. The van der Waals surface area contributed by atoms with Gasteiger partial charge in [0.25, 0.3) is 0 Å². The van der Waals surface area contributed by atoms with E-state index in [1.807, 2.05) is 6.07 Å². The zero-order valence-corrected chi connectivity index (χ0v) is 14.6. The van der Waals surface area contributed by atoms with Gasteiger partial charge in [-0.15, -0.1) is 22.7 Å². The highest BCUT2D eigenvalue weighted by atomic mass is 35.5. The van der Waals surface area contributed by atoms with Gasteiger partial charge in [-0.2, -0.15) is 0 Å². The lowest BCUT2D eigenvalue weighted by atomic mass is 10.2. The summed E-state index contributed by atoms with van der Waals surface area (Å²) in [5.74, 6) is 0. The molecule has 110 valence electrons. The van der Waals surface area contributed by atoms with E-state index in [2.05, 4.69) is 44.1 Å². The van der Waals surface area contributed by atoms with Gasteiger partial charge in [-0.05, 0) is 32.5 Å². The molecule has 0 aromatic carbocycles. The van der Waals surface area contributed by atoms with E-state index in [-0.39, 0.29) is 0 Å². The van der Waals surface area contributed by atoms with Gasteiger partial charge >= 0.3 is 0 Å². The van der Waals surface area contributed by atoms with Crippen LogP contribution in [-0.4, -0.2) is 18.6 Å². The molecule has 0 aliphatic rings. The fourth-order valence-electron chi connectivity index (χ4n) is 2.10. The number of halogens is 1. The van der Waals surface area contributed by atoms with Crippen molar-refractivity contribution in [3.8, 4) is 0 Å². The van der Waals surface area contributed by atoms with Crippen molar-refractivity contribution >= 4 is 39.4 Å². The smallest absolute Gasteiger partial charge is 0.185 e. The molecule has 0 saturated heterocycles. The second kappa shape index (κ2) is 6.89. The van der Waals surface area contributed by atoms with Crippen LogP contribution in [0, 0.1) is 6.92 Å². The monoisotopic (exact) mass is 329 g/mol. The highest BCUT2D eigenvalue weighted by Crippen LogP contribution is 2.31. The number of nitrogens with zero attached hydrogens (tertiary/aromatic N) is 2. The Bertz CT molecular complexity index is 565. The molecule has 1 atom stereocenters. The van der Waals surface area contributed by atoms with E-state index >= 15 is 0 Å². The molecule has 2 rings (SSSR count). The van der Waals surface area contributed by atoms with Crippen molar-refractivity contribution in [2.45, 2.75) is 33.4 Å². The van der Waals surface area contributed by atoms with Crippen molar-refractivity contribution in [2.24, 2.45) is 0 Å². The van der Waals surface area contributed by atoms with E-state index in [0.29, 0.717) is 6.04 Å². The highest BCUT2D eigenvalue weighted by Gasteiger charge is 2.16. The molecular formula is C14H20ClN3S2. The van der Waals surface area contributed by atoms with Crippen LogP contribution in [0.1, 0.15) is 35.3 Å². The number of anilines is 1. The second-order valence-corrected chi connectivity index (χ2v) is 7.60. The maximum absolute atomic E-state index is 5.97. The second-order valence-electron chi connectivity index (χ2n) is 4.79. The van der Waals surface area contributed by atoms with Crippen LogP contribution in [0.4, 0.5) is 5.13 Å². The highest BCUT2D eigenvalue weighted by molar-refractivity contribution is 7.16. The first kappa shape index (κ1) is 15.8. The Morgan fingerprint density at radius 1 is 1.40 bits per heavy atom. The third kappa shape index (κ3) is 3.73. The molecule has 0 spiro atoms. The number of hydrogen-bond donors (Lipinski definition) is 1. The maximum atomic E-state index is 5.97. The van der Waals surface area contributed by atoms with Crippen LogP contribution in [0.5, 0.6) is 0 Å². The van der Waals surface area contributed by atoms with Gasteiger partial charge in [0, 0.05) is 22.8 Å². The summed E-state index contributed by atoms with van der Waals surface area (Å²) in [6.45, 7) is 8.21. The number of aryl methyl sites for hydroxylation is 1. The largest absolute Gasteiger partial charge is 0.346 e. The third-order valence-corrected chi connectivity index (χ3v) is 5.74. The number of nitrogens with one attached hydrogen (secondary N) is 1. The first-order chi connectivity index (χ1) is 9.51. The molecule has 0 bridgehead atoms. The van der Waals surface area contributed by atoms with Crippen LogP contribution in [0.25, 0.3) is 0 Å². The summed E-state index contributed by atoms with van der Waals surface area (Å²) in [5, 5.41) is 4.51. The fourth-order valence-corrected chi connectivity index (χ4v) is 4.29. The van der Waals surface area contributed by atoms with Gasteiger partial charge in [0.2, 0.25) is 0 Å². The molecular weight excluding hydrogens is 310 g/mol. The molecule has 2 heterocycles. The van der Waals surface area contributed by atoms with E-state index in [1.165, 1.54) is 9.75 Å². The maximum Gasteiger partial charge on any atom is 0.185 e. The number of rotatable bonds is 6. The van der Waals surface area contributed by atoms with E-state index < -0.39 is 0 Å². The van der Waals surface area contributed by atoms with Crippen molar-refractivity contribution in [3.05, 3.63) is 31.9 Å². The number of aromatic nitrogens is 1. The quantitative estimate of drug-likeness (QED) is 0.847. The molecule has 0 radical (unpaired) electrons. The van der Waals surface area contributed by atoms with Gasteiger partial charge in [-0.1, -0.05) is 18.5 Å². The van der Waals surface area contributed by atoms with Gasteiger partial charge in [0.15, 0.2) is 5.13 Å². The number of thiazole rings is 1. The van der Waals surface area contributed by atoms with Crippen molar-refractivity contribution in [1.82, 2.24) is 10.3 Å². The predicted molar refractivity (Wildman–Crippen MR) is 90.4 cm³/mol. The zero-order valence-electron chi connectivity index (χ0n) is 12.2. The molecule has 2 aromatic heterocycles. The van der Waals surface area contributed by atoms with E-state index in [1.54, 1.807) is 22.7 Å². The molecule has 3 nitrogen and oxygen atoms in total. The molecule has 1 unspecified atom stereocenters. The lowest BCUT2D eigenvalue weighted by Gasteiger charge is -2.14. The van der Waals surface area contributed by atoms with Crippen molar-refractivity contribution in [3.63, 3.8) is 0 Å². The minimum Gasteiger partial charge on any atom is -0.346 e. The van der Waals surface area contributed by atoms with Crippen molar-refractivity contribution in [1.29, 1.82) is 0 Å². The Balaban J connectivity index is 2.10. The molecule has 0 fully saturated rings. The van der Waals surface area contributed by atoms with Gasteiger partial charge in [0.1, 0.15) is 0 Å². The predicted octanol–water partition coefficient (Wildman–Crippen LogP) is 4.47. The number of hydrogen-bond acceptors (Lipinski definition) is 5. The van der Waals surface area contributed by atoms with Crippen molar-refractivity contribution < 1.29 is 0 Å². The average Bonchev–Trinajstić information content (AvgIpc) is 2.96. The summed E-state index contributed by atoms with van der Waals surface area (Å²) in [7, 11) is 2.08. The van der Waals surface area contributed by atoms with E-state index in [9.17, 15) is 0 Å². The molecule has 0 amide bonds. The molecule has 6 heteroatoms. The first-order valence-electron chi connectivity index (χ1n) is 6.67. The fraction of sp³-hybridized carbons (Fsp3) is 0.500. The normalized spacial score (nSPS) is 12.7. The van der Waals surface area contributed by atoms with E-state index in [4.69, 9.17) is 16.6 Å². The molecule has 0 aliphatic heterocycles.